The molecule has 5 nitrogen and oxygen atoms in total. The van der Waals surface area contributed by atoms with E-state index in [9.17, 15) is 0 Å². The van der Waals surface area contributed by atoms with Gasteiger partial charge in [-0.3, -0.25) is 4.99 Å². The molecule has 2 N–H and O–H groups in total. The van der Waals surface area contributed by atoms with Crippen LogP contribution in [-0.4, -0.2) is 52.0 Å². The number of halogens is 1. The van der Waals surface area contributed by atoms with Crippen LogP contribution >= 0.6 is 24.0 Å². The lowest BCUT2D eigenvalue weighted by atomic mass is 9.54. The van der Waals surface area contributed by atoms with Gasteiger partial charge >= 0.3 is 0 Å². The van der Waals surface area contributed by atoms with E-state index in [1.165, 1.54) is 57.8 Å². The van der Waals surface area contributed by atoms with Crippen molar-refractivity contribution < 1.29 is 9.47 Å². The number of hydrogen-bond donors (Lipinski definition) is 2. The first-order chi connectivity index (χ1) is 12.7. The predicted molar refractivity (Wildman–Crippen MR) is 120 cm³/mol. The number of rotatable bonds is 6. The third kappa shape index (κ3) is 4.00. The largest absolute Gasteiger partial charge is 0.385 e. The highest BCUT2D eigenvalue weighted by Crippen LogP contribution is 2.60. The van der Waals surface area contributed by atoms with Crippen LogP contribution in [0.15, 0.2) is 4.99 Å². The lowest BCUT2D eigenvalue weighted by Crippen LogP contribution is -2.69. The van der Waals surface area contributed by atoms with E-state index >= 15 is 0 Å². The number of hydrogen-bond acceptors (Lipinski definition) is 3. The monoisotopic (exact) mass is 491 g/mol. The van der Waals surface area contributed by atoms with Crippen LogP contribution in [0.25, 0.3) is 0 Å². The second-order valence-electron chi connectivity index (χ2n) is 9.18. The van der Waals surface area contributed by atoms with Crippen LogP contribution in [0.1, 0.15) is 64.2 Å². The second kappa shape index (κ2) is 9.16. The molecule has 0 aromatic heterocycles. The Morgan fingerprint density at radius 2 is 1.85 bits per heavy atom. The van der Waals surface area contributed by atoms with E-state index in [-0.39, 0.29) is 24.0 Å². The number of ether oxygens (including phenoxy) is 2. The molecule has 0 radical (unpaired) electrons. The number of nitrogens with one attached hydrogen (secondary N) is 2. The van der Waals surface area contributed by atoms with E-state index in [0.29, 0.717) is 28.9 Å². The van der Waals surface area contributed by atoms with Crippen molar-refractivity contribution in [3.63, 3.8) is 0 Å². The van der Waals surface area contributed by atoms with Gasteiger partial charge in [0.1, 0.15) is 0 Å². The van der Waals surface area contributed by atoms with Crippen LogP contribution < -0.4 is 10.6 Å². The van der Waals surface area contributed by atoms with Gasteiger partial charge in [-0.05, 0) is 43.9 Å². The topological polar surface area (TPSA) is 54.9 Å². The minimum Gasteiger partial charge on any atom is -0.385 e. The van der Waals surface area contributed by atoms with E-state index in [4.69, 9.17) is 9.47 Å². The lowest BCUT2D eigenvalue weighted by molar-refractivity contribution is -0.125. The van der Waals surface area contributed by atoms with E-state index in [2.05, 4.69) is 15.6 Å². The molecule has 0 aromatic rings. The number of fused-ring (bicyclic) bond motifs is 2. The average Bonchev–Trinajstić information content (AvgIpc) is 3.40. The Morgan fingerprint density at radius 1 is 1.15 bits per heavy atom. The molecule has 3 aliphatic carbocycles. The minimum absolute atomic E-state index is 0. The summed E-state index contributed by atoms with van der Waals surface area (Å²) in [5.41, 5.74) is 0.761. The molecule has 27 heavy (non-hydrogen) atoms. The molecule has 0 aromatic carbocycles. The zero-order valence-corrected chi connectivity index (χ0v) is 19.4. The smallest absolute Gasteiger partial charge is 0.191 e. The highest BCUT2D eigenvalue weighted by Gasteiger charge is 2.65. The van der Waals surface area contributed by atoms with Gasteiger partial charge in [0.05, 0.1) is 6.10 Å². The van der Waals surface area contributed by atoms with Gasteiger partial charge in [0, 0.05) is 51.3 Å². The van der Waals surface area contributed by atoms with Crippen molar-refractivity contribution in [1.29, 1.82) is 0 Å². The van der Waals surface area contributed by atoms with Gasteiger partial charge in [-0.1, -0.05) is 25.7 Å². The fourth-order valence-electron chi connectivity index (χ4n) is 6.48. The number of aliphatic imine (C=N–C) groups is 1. The Bertz CT molecular complexity index is 516. The molecule has 3 unspecified atom stereocenters. The van der Waals surface area contributed by atoms with Crippen molar-refractivity contribution in [3.05, 3.63) is 0 Å². The summed E-state index contributed by atoms with van der Waals surface area (Å²) in [7, 11) is 3.72. The Hall–Kier alpha value is -0.0800. The first kappa shape index (κ1) is 21.6. The van der Waals surface area contributed by atoms with Crippen LogP contribution in [0, 0.1) is 16.7 Å². The molecular weight excluding hydrogens is 453 g/mol. The quantitative estimate of drug-likeness (QED) is 0.338. The molecule has 1 aliphatic heterocycles. The van der Waals surface area contributed by atoms with Crippen LogP contribution in [0.4, 0.5) is 0 Å². The summed E-state index contributed by atoms with van der Waals surface area (Å²) in [6, 6.07) is 0.544. The fraction of sp³-hybridized carbons (Fsp3) is 0.952. The third-order valence-corrected chi connectivity index (χ3v) is 7.93. The van der Waals surface area contributed by atoms with Crippen molar-refractivity contribution in [1.82, 2.24) is 10.6 Å². The van der Waals surface area contributed by atoms with E-state index < -0.39 is 0 Å². The van der Waals surface area contributed by atoms with E-state index in [0.717, 1.165) is 32.1 Å². The maximum Gasteiger partial charge on any atom is 0.191 e. The van der Waals surface area contributed by atoms with Crippen molar-refractivity contribution in [3.8, 4) is 0 Å². The van der Waals surface area contributed by atoms with Crippen LogP contribution in [0.3, 0.4) is 0 Å². The molecule has 4 fully saturated rings. The first-order valence-electron chi connectivity index (χ1n) is 10.8. The molecule has 1 heterocycles. The maximum atomic E-state index is 6.12. The summed E-state index contributed by atoms with van der Waals surface area (Å²) in [6.45, 7) is 2.82. The SMILES string of the molecule is CN=C(NCC1(CCOC)CCCC1)NC1C2CCOC2C12CCCC2.I. The van der Waals surface area contributed by atoms with Crippen molar-refractivity contribution in [2.24, 2.45) is 21.7 Å². The van der Waals surface area contributed by atoms with Gasteiger partial charge in [-0.25, -0.2) is 0 Å². The molecule has 6 heteroatoms. The average molecular weight is 491 g/mol. The predicted octanol–water partition coefficient (Wildman–Crippen LogP) is 3.71. The zero-order valence-electron chi connectivity index (χ0n) is 17.1. The molecule has 1 spiro atoms. The molecule has 156 valence electrons. The van der Waals surface area contributed by atoms with E-state index in [1.807, 2.05) is 14.2 Å². The van der Waals surface area contributed by atoms with Crippen LogP contribution in [-0.2, 0) is 9.47 Å². The molecule has 0 bridgehead atoms. The van der Waals surface area contributed by atoms with Crippen LogP contribution in [0.5, 0.6) is 0 Å². The van der Waals surface area contributed by atoms with Gasteiger partial charge in [0.2, 0.25) is 0 Å². The summed E-state index contributed by atoms with van der Waals surface area (Å²) in [5.74, 6) is 1.68. The summed E-state index contributed by atoms with van der Waals surface area (Å²) in [4.78, 5) is 4.57. The summed E-state index contributed by atoms with van der Waals surface area (Å²) in [5, 5.41) is 7.52. The van der Waals surface area contributed by atoms with Gasteiger partial charge in [0.15, 0.2) is 5.96 Å². The number of guanidine groups is 1. The Kier molecular flexibility index (Phi) is 7.34. The highest BCUT2D eigenvalue weighted by atomic mass is 127. The third-order valence-electron chi connectivity index (χ3n) is 7.93. The molecule has 4 rings (SSSR count). The number of nitrogens with zero attached hydrogens (tertiary/aromatic N) is 1. The zero-order chi connectivity index (χ0) is 18.0. The maximum absolute atomic E-state index is 6.12. The normalized spacial score (nSPS) is 33.4. The molecule has 1 saturated heterocycles. The van der Waals surface area contributed by atoms with Crippen molar-refractivity contribution in [2.45, 2.75) is 76.4 Å². The molecule has 0 amide bonds. The summed E-state index contributed by atoms with van der Waals surface area (Å²) in [6.07, 6.45) is 13.5. The lowest BCUT2D eigenvalue weighted by Gasteiger charge is -2.57. The molecule has 3 atom stereocenters. The molecule has 3 saturated carbocycles. The highest BCUT2D eigenvalue weighted by molar-refractivity contribution is 14.0. The Balaban J connectivity index is 0.00000210. The van der Waals surface area contributed by atoms with Crippen molar-refractivity contribution >= 4 is 29.9 Å². The number of methoxy groups -OCH3 is 1. The molecule has 4 aliphatic rings. The standard InChI is InChI=1S/C21H37N3O2.HI/c1-22-19(23-15-20(12-14-25-2)8-3-4-9-20)24-17-16-7-13-26-18(16)21(17)10-5-6-11-21;/h16-18H,3-15H2,1-2H3,(H2,22,23,24);1H. The molecular formula is C21H38IN3O2. The summed E-state index contributed by atoms with van der Waals surface area (Å²) >= 11 is 0. The van der Waals surface area contributed by atoms with Gasteiger partial charge in [-0.15, -0.1) is 24.0 Å². The summed E-state index contributed by atoms with van der Waals surface area (Å²) < 4.78 is 11.5. The first-order valence-corrected chi connectivity index (χ1v) is 10.8. The van der Waals surface area contributed by atoms with Gasteiger partial charge in [-0.2, -0.15) is 0 Å². The second-order valence-corrected chi connectivity index (χ2v) is 9.18. The van der Waals surface area contributed by atoms with Gasteiger partial charge in [0.25, 0.3) is 0 Å². The Morgan fingerprint density at radius 3 is 2.52 bits per heavy atom. The van der Waals surface area contributed by atoms with E-state index in [1.54, 1.807) is 0 Å². The fourth-order valence-corrected chi connectivity index (χ4v) is 6.48. The van der Waals surface area contributed by atoms with Gasteiger partial charge < -0.3 is 20.1 Å². The van der Waals surface area contributed by atoms with Crippen molar-refractivity contribution in [2.75, 3.05) is 33.9 Å². The Labute approximate surface area is 181 Å². The minimum atomic E-state index is 0. The van der Waals surface area contributed by atoms with Crippen LogP contribution in [0.2, 0.25) is 0 Å².